The van der Waals surface area contributed by atoms with E-state index in [9.17, 15) is 14.7 Å². The van der Waals surface area contributed by atoms with Crippen LogP contribution >= 0.6 is 23.2 Å². The summed E-state index contributed by atoms with van der Waals surface area (Å²) in [5, 5.41) is 9.22. The van der Waals surface area contributed by atoms with Crippen LogP contribution in [0.15, 0.2) is 23.8 Å². The third-order valence-corrected chi connectivity index (χ3v) is 9.99. The van der Waals surface area contributed by atoms with Crippen LogP contribution in [0.25, 0.3) is 0 Å². The normalized spacial score (nSPS) is 51.3. The number of aliphatic hydroxyl groups excluding tert-OH is 1. The molecule has 0 aromatic rings. The molecule has 0 aromatic carbocycles. The SMILES string of the molecule is C[C@@H]1CC2C3CCC4=CC(=O)C=CC4(C)[C@@]3(Cl)C(Cl)CC2(C)C1C(=O)CO. The molecule has 3 fully saturated rings. The molecule has 6 unspecified atom stereocenters. The number of halogens is 2. The Hall–Kier alpha value is -0.640. The molecule has 0 spiro atoms. The standard InChI is InChI=1S/C22H28Cl2O3/c1-12-8-16-15-5-4-13-9-14(26)6-7-21(13,3)22(15,24)18(23)10-20(16,2)19(12)17(27)11-25/h6-7,9,12,15-16,18-19,25H,4-5,8,10-11H2,1-3H3/t12-,15?,16?,18?,19?,20?,21?,22+/m1/s1. The van der Waals surface area contributed by atoms with Gasteiger partial charge in [0, 0.05) is 11.3 Å². The first kappa shape index (κ1) is 19.7. The average molecular weight is 411 g/mol. The van der Waals surface area contributed by atoms with Crippen LogP contribution in [-0.4, -0.2) is 33.5 Å². The Labute approximate surface area is 171 Å². The van der Waals surface area contributed by atoms with E-state index in [2.05, 4.69) is 20.8 Å². The number of carbonyl (C=O) groups is 2. The van der Waals surface area contributed by atoms with Gasteiger partial charge in [-0.05, 0) is 61.0 Å². The Kier molecular flexibility index (Phi) is 4.50. The number of aliphatic hydroxyl groups is 1. The number of fused-ring (bicyclic) bond motifs is 5. The van der Waals surface area contributed by atoms with E-state index < -0.39 is 16.9 Å². The fraction of sp³-hybridized carbons (Fsp3) is 0.727. The van der Waals surface area contributed by atoms with Crippen molar-refractivity contribution < 1.29 is 14.7 Å². The Morgan fingerprint density at radius 1 is 1.33 bits per heavy atom. The van der Waals surface area contributed by atoms with Crippen molar-refractivity contribution in [3.8, 4) is 0 Å². The molecule has 0 saturated heterocycles. The van der Waals surface area contributed by atoms with E-state index in [0.29, 0.717) is 12.3 Å². The molecule has 0 heterocycles. The van der Waals surface area contributed by atoms with E-state index >= 15 is 0 Å². The summed E-state index contributed by atoms with van der Waals surface area (Å²) in [6, 6.07) is 0. The van der Waals surface area contributed by atoms with Gasteiger partial charge in [-0.3, -0.25) is 9.59 Å². The molecule has 3 saturated carbocycles. The molecule has 4 aliphatic carbocycles. The van der Waals surface area contributed by atoms with Gasteiger partial charge in [0.05, 0.1) is 10.3 Å². The minimum absolute atomic E-state index is 0.0241. The van der Waals surface area contributed by atoms with Crippen LogP contribution in [0.5, 0.6) is 0 Å². The van der Waals surface area contributed by atoms with E-state index in [0.717, 1.165) is 24.8 Å². The van der Waals surface area contributed by atoms with Gasteiger partial charge in [-0.15, -0.1) is 23.2 Å². The van der Waals surface area contributed by atoms with Crippen LogP contribution in [0.1, 0.15) is 46.5 Å². The van der Waals surface area contributed by atoms with Crippen LogP contribution in [0.3, 0.4) is 0 Å². The average Bonchev–Trinajstić information content (AvgIpc) is 2.86. The van der Waals surface area contributed by atoms with Gasteiger partial charge in [0.1, 0.15) is 6.61 Å². The summed E-state index contributed by atoms with van der Waals surface area (Å²) in [6.45, 7) is 6.01. The summed E-state index contributed by atoms with van der Waals surface area (Å²) < 4.78 is 0. The highest BCUT2D eigenvalue weighted by Crippen LogP contribution is 2.71. The smallest absolute Gasteiger partial charge is 0.178 e. The maximum absolute atomic E-state index is 12.6. The van der Waals surface area contributed by atoms with E-state index in [1.165, 1.54) is 0 Å². The second kappa shape index (κ2) is 6.18. The molecule has 0 aromatic heterocycles. The fourth-order valence-corrected chi connectivity index (χ4v) is 8.54. The summed E-state index contributed by atoms with van der Waals surface area (Å²) in [6.07, 6.45) is 8.67. The molecule has 0 amide bonds. The van der Waals surface area contributed by atoms with Gasteiger partial charge < -0.3 is 5.11 Å². The lowest BCUT2D eigenvalue weighted by atomic mass is 9.47. The molecule has 4 rings (SSSR count). The number of hydrogen-bond donors (Lipinski definition) is 1. The van der Waals surface area contributed by atoms with E-state index in [1.807, 2.05) is 6.08 Å². The maximum atomic E-state index is 12.6. The highest BCUT2D eigenvalue weighted by molar-refractivity contribution is 6.34. The first-order valence-electron chi connectivity index (χ1n) is 10.0. The van der Waals surface area contributed by atoms with E-state index in [4.69, 9.17) is 23.2 Å². The molecule has 0 radical (unpaired) electrons. The highest BCUT2D eigenvalue weighted by Gasteiger charge is 2.70. The monoisotopic (exact) mass is 410 g/mol. The number of hydrogen-bond acceptors (Lipinski definition) is 3. The second-order valence-corrected chi connectivity index (χ2v) is 10.8. The Balaban J connectivity index is 1.80. The van der Waals surface area contributed by atoms with Gasteiger partial charge in [-0.25, -0.2) is 0 Å². The van der Waals surface area contributed by atoms with Gasteiger partial charge >= 0.3 is 0 Å². The molecule has 0 aliphatic heterocycles. The number of carbonyl (C=O) groups excluding carboxylic acids is 2. The number of ketones is 2. The largest absolute Gasteiger partial charge is 0.389 e. The van der Waals surface area contributed by atoms with Crippen molar-refractivity contribution in [1.29, 1.82) is 0 Å². The predicted molar refractivity (Wildman–Crippen MR) is 107 cm³/mol. The van der Waals surface area contributed by atoms with Crippen molar-refractivity contribution in [2.45, 2.75) is 56.7 Å². The Bertz CT molecular complexity index is 759. The first-order chi connectivity index (χ1) is 12.6. The zero-order valence-corrected chi connectivity index (χ0v) is 17.7. The molecule has 5 heteroatoms. The van der Waals surface area contributed by atoms with Gasteiger partial charge in [0.25, 0.3) is 0 Å². The van der Waals surface area contributed by atoms with Crippen molar-refractivity contribution in [2.24, 2.45) is 34.5 Å². The second-order valence-electron chi connectivity index (χ2n) is 9.62. The van der Waals surface area contributed by atoms with Crippen LogP contribution in [0.4, 0.5) is 0 Å². The number of rotatable bonds is 2. The molecule has 27 heavy (non-hydrogen) atoms. The van der Waals surface area contributed by atoms with Crippen molar-refractivity contribution in [3.63, 3.8) is 0 Å². The summed E-state index contributed by atoms with van der Waals surface area (Å²) >= 11 is 14.5. The summed E-state index contributed by atoms with van der Waals surface area (Å²) in [4.78, 5) is 23.8. The molecule has 1 N–H and O–H groups in total. The van der Waals surface area contributed by atoms with Gasteiger partial charge in [0.15, 0.2) is 11.6 Å². The molecule has 148 valence electrons. The fourth-order valence-electron chi connectivity index (χ4n) is 7.30. The number of Topliss-reactive ketones (excluding diaryl/α,β-unsaturated/α-hetero) is 1. The number of alkyl halides is 2. The zero-order chi connectivity index (χ0) is 19.8. The Morgan fingerprint density at radius 2 is 2.04 bits per heavy atom. The summed E-state index contributed by atoms with van der Waals surface area (Å²) in [5.74, 6) is 0.489. The van der Waals surface area contributed by atoms with Gasteiger partial charge in [0.2, 0.25) is 0 Å². The van der Waals surface area contributed by atoms with Crippen LogP contribution in [0, 0.1) is 34.5 Å². The lowest BCUT2D eigenvalue weighted by molar-refractivity contribution is -0.133. The molecule has 0 bridgehead atoms. The summed E-state index contributed by atoms with van der Waals surface area (Å²) in [7, 11) is 0. The van der Waals surface area contributed by atoms with Crippen molar-refractivity contribution in [1.82, 2.24) is 0 Å². The van der Waals surface area contributed by atoms with E-state index in [1.54, 1.807) is 12.2 Å². The third kappa shape index (κ3) is 2.37. The quantitative estimate of drug-likeness (QED) is 0.690. The molecule has 8 atom stereocenters. The van der Waals surface area contributed by atoms with Crippen LogP contribution in [-0.2, 0) is 9.59 Å². The Morgan fingerprint density at radius 3 is 2.70 bits per heavy atom. The van der Waals surface area contributed by atoms with Crippen molar-refractivity contribution >= 4 is 34.8 Å². The third-order valence-electron chi connectivity index (χ3n) is 8.44. The van der Waals surface area contributed by atoms with Crippen LogP contribution in [0.2, 0.25) is 0 Å². The topological polar surface area (TPSA) is 54.4 Å². The van der Waals surface area contributed by atoms with E-state index in [-0.39, 0.29) is 40.1 Å². The molecular weight excluding hydrogens is 383 g/mol. The summed E-state index contributed by atoms with van der Waals surface area (Å²) in [5.41, 5.74) is 0.409. The zero-order valence-electron chi connectivity index (χ0n) is 16.2. The predicted octanol–water partition coefficient (Wildman–Crippen LogP) is 4.30. The molecule has 4 aliphatic rings. The van der Waals surface area contributed by atoms with Crippen molar-refractivity contribution in [2.75, 3.05) is 6.61 Å². The minimum atomic E-state index is -0.670. The highest BCUT2D eigenvalue weighted by atomic mass is 35.5. The molecular formula is C22H28Cl2O3. The maximum Gasteiger partial charge on any atom is 0.178 e. The van der Waals surface area contributed by atoms with Gasteiger partial charge in [-0.1, -0.05) is 32.4 Å². The minimum Gasteiger partial charge on any atom is -0.389 e. The van der Waals surface area contributed by atoms with Crippen molar-refractivity contribution in [3.05, 3.63) is 23.8 Å². The number of allylic oxidation sites excluding steroid dienone is 4. The van der Waals surface area contributed by atoms with Gasteiger partial charge in [-0.2, -0.15) is 0 Å². The lowest BCUT2D eigenvalue weighted by Crippen LogP contribution is -2.64. The van der Waals surface area contributed by atoms with Crippen LogP contribution < -0.4 is 0 Å². The first-order valence-corrected chi connectivity index (χ1v) is 10.8. The molecule has 3 nitrogen and oxygen atoms in total. The lowest BCUT2D eigenvalue weighted by Gasteiger charge is -2.63.